The Morgan fingerprint density at radius 3 is 2.52 bits per heavy atom. The minimum atomic E-state index is -0.556. The van der Waals surface area contributed by atoms with E-state index >= 15 is 0 Å². The van der Waals surface area contributed by atoms with Crippen molar-refractivity contribution in [2.75, 3.05) is 46.3 Å². The third-order valence-corrected chi connectivity index (χ3v) is 5.05. The third kappa shape index (κ3) is 4.07. The Kier molecular flexibility index (Phi) is 5.26. The molecular formula is C17H25F2N3O. The Morgan fingerprint density at radius 2 is 1.87 bits per heavy atom. The summed E-state index contributed by atoms with van der Waals surface area (Å²) >= 11 is 0. The van der Waals surface area contributed by atoms with Crippen molar-refractivity contribution in [3.63, 3.8) is 0 Å². The van der Waals surface area contributed by atoms with Crippen molar-refractivity contribution in [1.82, 2.24) is 14.7 Å². The minimum absolute atomic E-state index is 0.193. The molecule has 128 valence electrons. The van der Waals surface area contributed by atoms with Gasteiger partial charge in [0.1, 0.15) is 11.6 Å². The van der Waals surface area contributed by atoms with E-state index < -0.39 is 17.7 Å². The first-order chi connectivity index (χ1) is 11.0. The molecule has 6 heteroatoms. The zero-order valence-corrected chi connectivity index (χ0v) is 13.6. The van der Waals surface area contributed by atoms with E-state index in [-0.39, 0.29) is 6.04 Å². The normalized spacial score (nSPS) is 28.2. The van der Waals surface area contributed by atoms with E-state index in [2.05, 4.69) is 16.8 Å². The molecule has 0 spiro atoms. The molecule has 2 saturated heterocycles. The summed E-state index contributed by atoms with van der Waals surface area (Å²) in [5.41, 5.74) is 0.483. The molecule has 0 saturated carbocycles. The second-order valence-electron chi connectivity index (χ2n) is 6.73. The van der Waals surface area contributed by atoms with Gasteiger partial charge < -0.3 is 10.0 Å². The number of rotatable bonds is 3. The van der Waals surface area contributed by atoms with Gasteiger partial charge in [0, 0.05) is 63.5 Å². The van der Waals surface area contributed by atoms with E-state index in [1.165, 1.54) is 12.1 Å². The molecule has 1 N–H and O–H groups in total. The van der Waals surface area contributed by atoms with Crippen LogP contribution in [0.4, 0.5) is 8.78 Å². The summed E-state index contributed by atoms with van der Waals surface area (Å²) in [6.45, 7) is 5.83. The van der Waals surface area contributed by atoms with E-state index in [0.29, 0.717) is 18.7 Å². The maximum absolute atomic E-state index is 13.8. The topological polar surface area (TPSA) is 30.0 Å². The Bertz CT molecular complexity index is 535. The van der Waals surface area contributed by atoms with Crippen molar-refractivity contribution in [3.05, 3.63) is 35.4 Å². The summed E-state index contributed by atoms with van der Waals surface area (Å²) in [6.07, 6.45) is 0.462. The number of likely N-dealkylation sites (N-methyl/N-ethyl adjacent to an activating group) is 1. The molecule has 0 unspecified atom stereocenters. The maximum atomic E-state index is 13.8. The summed E-state index contributed by atoms with van der Waals surface area (Å²) in [7, 11) is 2.12. The Balaban J connectivity index is 1.56. The fourth-order valence-corrected chi connectivity index (χ4v) is 3.60. The van der Waals surface area contributed by atoms with Crippen LogP contribution in [0.1, 0.15) is 12.0 Å². The zero-order chi connectivity index (χ0) is 16.4. The first kappa shape index (κ1) is 16.8. The van der Waals surface area contributed by atoms with Gasteiger partial charge in [0.2, 0.25) is 0 Å². The van der Waals surface area contributed by atoms with E-state index in [9.17, 15) is 13.9 Å². The number of aliphatic hydroxyl groups is 1. The first-order valence-corrected chi connectivity index (χ1v) is 8.30. The van der Waals surface area contributed by atoms with Gasteiger partial charge in [-0.25, -0.2) is 8.78 Å². The lowest BCUT2D eigenvalue weighted by atomic mass is 9.98. The highest BCUT2D eigenvalue weighted by molar-refractivity contribution is 5.18. The number of aliphatic hydroxyl groups excluding tert-OH is 1. The van der Waals surface area contributed by atoms with E-state index in [1.807, 2.05) is 4.90 Å². The van der Waals surface area contributed by atoms with Gasteiger partial charge in [0.05, 0.1) is 6.10 Å². The van der Waals surface area contributed by atoms with Gasteiger partial charge in [-0.15, -0.1) is 0 Å². The molecular weight excluding hydrogens is 300 g/mol. The number of benzene rings is 1. The Labute approximate surface area is 136 Å². The van der Waals surface area contributed by atoms with Gasteiger partial charge in [-0.1, -0.05) is 6.07 Å². The standard InChI is InChI=1S/C17H25F2N3O/c1-20-6-8-22(9-7-20)16-4-5-21(12-17(16)23)11-13-2-3-14(18)10-15(13)19/h2-3,10,16-17,23H,4-9,11-12H2,1H3/t16-,17-/m1/s1. The van der Waals surface area contributed by atoms with Crippen molar-refractivity contribution >= 4 is 0 Å². The average molecular weight is 325 g/mol. The number of likely N-dealkylation sites (tertiary alicyclic amines) is 1. The van der Waals surface area contributed by atoms with Gasteiger partial charge in [-0.05, 0) is 19.5 Å². The number of halogens is 2. The average Bonchev–Trinajstić information content (AvgIpc) is 2.51. The van der Waals surface area contributed by atoms with Gasteiger partial charge in [-0.2, -0.15) is 0 Å². The molecule has 0 amide bonds. The van der Waals surface area contributed by atoms with Gasteiger partial charge in [0.15, 0.2) is 0 Å². The number of piperazine rings is 1. The van der Waals surface area contributed by atoms with Crippen molar-refractivity contribution in [3.8, 4) is 0 Å². The SMILES string of the molecule is CN1CCN([C@@H]2CCN(Cc3ccc(F)cc3F)C[C@H]2O)CC1. The van der Waals surface area contributed by atoms with Crippen LogP contribution >= 0.6 is 0 Å². The van der Waals surface area contributed by atoms with Crippen molar-refractivity contribution in [2.45, 2.75) is 25.1 Å². The summed E-state index contributed by atoms with van der Waals surface area (Å²) in [6, 6.07) is 3.89. The molecule has 0 bridgehead atoms. The predicted molar refractivity (Wildman–Crippen MR) is 85.1 cm³/mol. The molecule has 0 aromatic heterocycles. The molecule has 0 radical (unpaired) electrons. The lowest BCUT2D eigenvalue weighted by molar-refractivity contribution is -0.0288. The van der Waals surface area contributed by atoms with Crippen LogP contribution in [0.3, 0.4) is 0 Å². The van der Waals surface area contributed by atoms with Crippen LogP contribution in [0, 0.1) is 11.6 Å². The largest absolute Gasteiger partial charge is 0.390 e. The summed E-state index contributed by atoms with van der Waals surface area (Å²) in [5.74, 6) is -1.07. The second kappa shape index (κ2) is 7.21. The van der Waals surface area contributed by atoms with Crippen LogP contribution in [-0.2, 0) is 6.54 Å². The lowest BCUT2D eigenvalue weighted by Gasteiger charge is -2.44. The van der Waals surface area contributed by atoms with Crippen LogP contribution < -0.4 is 0 Å². The number of β-amino-alcohol motifs (C(OH)–C–C–N with tert-alkyl or cyclic N) is 1. The molecule has 4 nitrogen and oxygen atoms in total. The fourth-order valence-electron chi connectivity index (χ4n) is 3.60. The Morgan fingerprint density at radius 1 is 1.13 bits per heavy atom. The summed E-state index contributed by atoms with van der Waals surface area (Å²) in [5, 5.41) is 10.5. The molecule has 2 heterocycles. The predicted octanol–water partition coefficient (Wildman–Crippen LogP) is 1.15. The van der Waals surface area contributed by atoms with Crippen LogP contribution in [0.5, 0.6) is 0 Å². The summed E-state index contributed by atoms with van der Waals surface area (Å²) < 4.78 is 26.7. The van der Waals surface area contributed by atoms with Gasteiger partial charge in [0.25, 0.3) is 0 Å². The highest BCUT2D eigenvalue weighted by Gasteiger charge is 2.33. The van der Waals surface area contributed by atoms with Crippen LogP contribution in [-0.4, -0.2) is 78.3 Å². The summed E-state index contributed by atoms with van der Waals surface area (Å²) in [4.78, 5) is 6.73. The first-order valence-electron chi connectivity index (χ1n) is 8.30. The minimum Gasteiger partial charge on any atom is -0.390 e. The molecule has 23 heavy (non-hydrogen) atoms. The Hall–Kier alpha value is -1.08. The highest BCUT2D eigenvalue weighted by Crippen LogP contribution is 2.21. The number of nitrogens with zero attached hydrogens (tertiary/aromatic N) is 3. The number of hydrogen-bond donors (Lipinski definition) is 1. The fraction of sp³-hybridized carbons (Fsp3) is 0.647. The van der Waals surface area contributed by atoms with E-state index in [1.54, 1.807) is 0 Å². The highest BCUT2D eigenvalue weighted by atomic mass is 19.1. The molecule has 2 aliphatic heterocycles. The monoisotopic (exact) mass is 325 g/mol. The number of piperidine rings is 1. The van der Waals surface area contributed by atoms with Crippen molar-refractivity contribution in [1.29, 1.82) is 0 Å². The lowest BCUT2D eigenvalue weighted by Crippen LogP contribution is -2.58. The molecule has 2 aliphatic rings. The maximum Gasteiger partial charge on any atom is 0.130 e. The quantitative estimate of drug-likeness (QED) is 0.903. The van der Waals surface area contributed by atoms with E-state index in [0.717, 1.165) is 45.2 Å². The second-order valence-corrected chi connectivity index (χ2v) is 6.73. The zero-order valence-electron chi connectivity index (χ0n) is 13.6. The van der Waals surface area contributed by atoms with Crippen molar-refractivity contribution in [2.24, 2.45) is 0 Å². The molecule has 1 aromatic carbocycles. The molecule has 2 fully saturated rings. The van der Waals surface area contributed by atoms with Gasteiger partial charge >= 0.3 is 0 Å². The number of hydrogen-bond acceptors (Lipinski definition) is 4. The van der Waals surface area contributed by atoms with Gasteiger partial charge in [-0.3, -0.25) is 9.80 Å². The van der Waals surface area contributed by atoms with Crippen LogP contribution in [0.15, 0.2) is 18.2 Å². The van der Waals surface area contributed by atoms with Crippen LogP contribution in [0.25, 0.3) is 0 Å². The van der Waals surface area contributed by atoms with E-state index in [4.69, 9.17) is 0 Å². The molecule has 1 aromatic rings. The molecule has 3 rings (SSSR count). The molecule has 0 aliphatic carbocycles. The van der Waals surface area contributed by atoms with Crippen LogP contribution in [0.2, 0.25) is 0 Å². The van der Waals surface area contributed by atoms with Crippen molar-refractivity contribution < 1.29 is 13.9 Å². The smallest absolute Gasteiger partial charge is 0.130 e. The third-order valence-electron chi connectivity index (χ3n) is 5.05. The molecule has 2 atom stereocenters.